The van der Waals surface area contributed by atoms with Crippen molar-refractivity contribution in [2.24, 2.45) is 0 Å². The normalized spacial score (nSPS) is 10.7. The smallest absolute Gasteiger partial charge is 0.148 e. The number of methoxy groups -OCH3 is 1. The zero-order valence-electron chi connectivity index (χ0n) is 12.4. The Labute approximate surface area is 148 Å². The Balaban J connectivity index is 1.97. The van der Waals surface area contributed by atoms with E-state index in [0.717, 1.165) is 33.3 Å². The summed E-state index contributed by atoms with van der Waals surface area (Å²) in [6.45, 7) is 2.88. The molecule has 0 saturated carbocycles. The number of benzene rings is 2. The van der Waals surface area contributed by atoms with Gasteiger partial charge in [0, 0.05) is 20.2 Å². The Bertz CT molecular complexity index is 567. The molecule has 0 aliphatic heterocycles. The highest BCUT2D eigenvalue weighted by Crippen LogP contribution is 2.35. The third-order valence-corrected chi connectivity index (χ3v) is 4.27. The molecule has 1 N–H and O–H groups in total. The van der Waals surface area contributed by atoms with Gasteiger partial charge in [-0.2, -0.15) is 0 Å². The third kappa shape index (κ3) is 5.39. The molecule has 0 atom stereocenters. The van der Waals surface area contributed by atoms with E-state index >= 15 is 0 Å². The molecule has 5 heteroatoms. The third-order valence-electron chi connectivity index (χ3n) is 3.10. The molecule has 3 nitrogen and oxygen atoms in total. The van der Waals surface area contributed by atoms with Crippen molar-refractivity contribution in [3.8, 4) is 5.75 Å². The van der Waals surface area contributed by atoms with Crippen LogP contribution in [0.4, 0.5) is 0 Å². The van der Waals surface area contributed by atoms with Crippen molar-refractivity contribution in [2.45, 2.75) is 13.2 Å². The summed E-state index contributed by atoms with van der Waals surface area (Å²) in [4.78, 5) is 0. The molecule has 0 aromatic heterocycles. The zero-order valence-corrected chi connectivity index (χ0v) is 15.6. The summed E-state index contributed by atoms with van der Waals surface area (Å²) in [6, 6.07) is 14.3. The molecule has 0 saturated heterocycles. The van der Waals surface area contributed by atoms with E-state index in [2.05, 4.69) is 61.4 Å². The maximum atomic E-state index is 5.92. The predicted molar refractivity (Wildman–Crippen MR) is 96.2 cm³/mol. The Morgan fingerprint density at radius 1 is 1.00 bits per heavy atom. The second kappa shape index (κ2) is 9.30. The maximum absolute atomic E-state index is 5.92. The van der Waals surface area contributed by atoms with Crippen molar-refractivity contribution >= 4 is 31.9 Å². The van der Waals surface area contributed by atoms with Crippen LogP contribution < -0.4 is 10.1 Å². The van der Waals surface area contributed by atoms with E-state index in [0.29, 0.717) is 13.2 Å². The molecule has 0 aliphatic rings. The fourth-order valence-electron chi connectivity index (χ4n) is 1.99. The number of nitrogens with one attached hydrogen (secondary N) is 1. The van der Waals surface area contributed by atoms with Gasteiger partial charge in [-0.25, -0.2) is 0 Å². The van der Waals surface area contributed by atoms with Crippen LogP contribution in [0, 0.1) is 0 Å². The summed E-state index contributed by atoms with van der Waals surface area (Å²) in [5, 5.41) is 3.33. The van der Waals surface area contributed by atoms with Gasteiger partial charge in [0.2, 0.25) is 0 Å². The molecule has 0 fully saturated rings. The molecule has 0 aliphatic carbocycles. The highest BCUT2D eigenvalue weighted by Gasteiger charge is 2.09. The fourth-order valence-corrected chi connectivity index (χ4v) is 3.50. The first-order chi connectivity index (χ1) is 10.7. The van der Waals surface area contributed by atoms with Crippen molar-refractivity contribution < 1.29 is 9.47 Å². The van der Waals surface area contributed by atoms with E-state index < -0.39 is 0 Å². The Morgan fingerprint density at radius 2 is 1.68 bits per heavy atom. The molecule has 0 amide bonds. The van der Waals surface area contributed by atoms with Crippen LogP contribution in [0.1, 0.15) is 11.1 Å². The van der Waals surface area contributed by atoms with Gasteiger partial charge in [-0.1, -0.05) is 30.3 Å². The van der Waals surface area contributed by atoms with Gasteiger partial charge in [0.05, 0.1) is 15.6 Å². The summed E-state index contributed by atoms with van der Waals surface area (Å²) in [5.41, 5.74) is 2.33. The van der Waals surface area contributed by atoms with Crippen molar-refractivity contribution in [3.63, 3.8) is 0 Å². The molecule has 0 bridgehead atoms. The topological polar surface area (TPSA) is 30.5 Å². The Kier molecular flexibility index (Phi) is 7.39. The summed E-state index contributed by atoms with van der Waals surface area (Å²) >= 11 is 7.17. The lowest BCUT2D eigenvalue weighted by Crippen LogP contribution is -2.18. The molecule has 0 unspecified atom stereocenters. The van der Waals surface area contributed by atoms with E-state index in [-0.39, 0.29) is 0 Å². The number of rotatable bonds is 8. The van der Waals surface area contributed by atoms with Gasteiger partial charge in [0.1, 0.15) is 12.4 Å². The largest absolute Gasteiger partial charge is 0.487 e. The number of hydrogen-bond donors (Lipinski definition) is 1. The SMILES string of the molecule is COCCNCc1cc(Br)c(OCc2ccccc2)c(Br)c1. The van der Waals surface area contributed by atoms with Crippen molar-refractivity contribution in [1.82, 2.24) is 5.32 Å². The van der Waals surface area contributed by atoms with Crippen LogP contribution >= 0.6 is 31.9 Å². The van der Waals surface area contributed by atoms with Gasteiger partial charge in [0.15, 0.2) is 0 Å². The zero-order chi connectivity index (χ0) is 15.8. The first kappa shape index (κ1) is 17.5. The van der Waals surface area contributed by atoms with E-state index in [1.54, 1.807) is 7.11 Å². The molecule has 2 aromatic carbocycles. The monoisotopic (exact) mass is 427 g/mol. The minimum atomic E-state index is 0.545. The lowest BCUT2D eigenvalue weighted by atomic mass is 10.2. The van der Waals surface area contributed by atoms with Crippen molar-refractivity contribution in [3.05, 3.63) is 62.5 Å². The van der Waals surface area contributed by atoms with Crippen LogP contribution in [-0.2, 0) is 17.9 Å². The maximum Gasteiger partial charge on any atom is 0.148 e. The summed E-state index contributed by atoms with van der Waals surface area (Å²) in [6.07, 6.45) is 0. The van der Waals surface area contributed by atoms with Gasteiger partial charge in [-0.05, 0) is 55.1 Å². The lowest BCUT2D eigenvalue weighted by Gasteiger charge is -2.13. The quantitative estimate of drug-likeness (QED) is 0.626. The second-order valence-electron chi connectivity index (χ2n) is 4.83. The van der Waals surface area contributed by atoms with Crippen LogP contribution in [0.5, 0.6) is 5.75 Å². The van der Waals surface area contributed by atoms with Gasteiger partial charge in [-0.3, -0.25) is 0 Å². The first-order valence-corrected chi connectivity index (χ1v) is 8.63. The minimum Gasteiger partial charge on any atom is -0.487 e. The van der Waals surface area contributed by atoms with Gasteiger partial charge in [-0.15, -0.1) is 0 Å². The highest BCUT2D eigenvalue weighted by atomic mass is 79.9. The number of hydrogen-bond acceptors (Lipinski definition) is 3. The van der Waals surface area contributed by atoms with E-state index in [1.165, 1.54) is 5.56 Å². The molecule has 0 spiro atoms. The first-order valence-electron chi connectivity index (χ1n) is 7.05. The van der Waals surface area contributed by atoms with Crippen LogP contribution in [0.3, 0.4) is 0 Å². The van der Waals surface area contributed by atoms with Gasteiger partial charge in [0.25, 0.3) is 0 Å². The molecule has 0 radical (unpaired) electrons. The van der Waals surface area contributed by atoms with Crippen molar-refractivity contribution in [1.29, 1.82) is 0 Å². The summed E-state index contributed by atoms with van der Waals surface area (Å²) < 4.78 is 12.8. The van der Waals surface area contributed by atoms with Gasteiger partial charge >= 0.3 is 0 Å². The highest BCUT2D eigenvalue weighted by molar-refractivity contribution is 9.11. The second-order valence-corrected chi connectivity index (χ2v) is 6.54. The molecular weight excluding hydrogens is 410 g/mol. The molecular formula is C17H19Br2NO2. The molecule has 2 aromatic rings. The van der Waals surface area contributed by atoms with Crippen LogP contribution in [0.15, 0.2) is 51.4 Å². The predicted octanol–water partition coefficient (Wildman–Crippen LogP) is 4.53. The van der Waals surface area contributed by atoms with Crippen LogP contribution in [0.25, 0.3) is 0 Å². The number of halogens is 2. The molecule has 118 valence electrons. The molecule has 22 heavy (non-hydrogen) atoms. The Morgan fingerprint density at radius 3 is 2.32 bits per heavy atom. The van der Waals surface area contributed by atoms with Gasteiger partial charge < -0.3 is 14.8 Å². The summed E-state index contributed by atoms with van der Waals surface area (Å²) in [7, 11) is 1.70. The average molecular weight is 429 g/mol. The number of ether oxygens (including phenoxy) is 2. The molecule has 2 rings (SSSR count). The lowest BCUT2D eigenvalue weighted by molar-refractivity contribution is 0.199. The van der Waals surface area contributed by atoms with Crippen LogP contribution in [0.2, 0.25) is 0 Å². The average Bonchev–Trinajstić information content (AvgIpc) is 2.52. The standard InChI is InChI=1S/C17H19Br2NO2/c1-21-8-7-20-11-14-9-15(18)17(16(19)10-14)22-12-13-5-3-2-4-6-13/h2-6,9-10,20H,7-8,11-12H2,1H3. The minimum absolute atomic E-state index is 0.545. The fraction of sp³-hybridized carbons (Fsp3) is 0.294. The molecule has 0 heterocycles. The van der Waals surface area contributed by atoms with E-state index in [1.807, 2.05) is 18.2 Å². The summed E-state index contributed by atoms with van der Waals surface area (Å²) in [5.74, 6) is 0.824. The van der Waals surface area contributed by atoms with E-state index in [4.69, 9.17) is 9.47 Å². The Hall–Kier alpha value is -0.880. The van der Waals surface area contributed by atoms with Crippen LogP contribution in [-0.4, -0.2) is 20.3 Å². The van der Waals surface area contributed by atoms with Crippen molar-refractivity contribution in [2.75, 3.05) is 20.3 Å². The van der Waals surface area contributed by atoms with E-state index in [9.17, 15) is 0 Å².